The van der Waals surface area contributed by atoms with Gasteiger partial charge < -0.3 is 5.32 Å². The average molecular weight is 367 g/mol. The van der Waals surface area contributed by atoms with Gasteiger partial charge in [0.1, 0.15) is 5.75 Å². The molecule has 0 saturated carbocycles. The molecule has 2 rings (SSSR count). The van der Waals surface area contributed by atoms with Crippen LogP contribution in [0.15, 0.2) is 53.4 Å². The standard InChI is InChI=1S/C18H19F2NO3S/c1-2-14-5-3-4-6-16(14)21-18(22)11-13-7-9-15(10-8-13)25(23,24)12-17(19)20/h3-10,17H,2,11-12H2,1H3,(H,21,22). The van der Waals surface area contributed by atoms with Crippen molar-refractivity contribution in [2.24, 2.45) is 0 Å². The Balaban J connectivity index is 2.05. The molecule has 1 amide bonds. The average Bonchev–Trinajstić information content (AvgIpc) is 2.54. The van der Waals surface area contributed by atoms with E-state index >= 15 is 0 Å². The molecule has 0 atom stereocenters. The summed E-state index contributed by atoms with van der Waals surface area (Å²) in [5, 5.41) is 2.82. The van der Waals surface area contributed by atoms with E-state index < -0.39 is 22.0 Å². The summed E-state index contributed by atoms with van der Waals surface area (Å²) in [6, 6.07) is 12.9. The van der Waals surface area contributed by atoms with Crippen molar-refractivity contribution in [3.63, 3.8) is 0 Å². The van der Waals surface area contributed by atoms with Crippen LogP contribution in [-0.4, -0.2) is 26.5 Å². The molecule has 0 spiro atoms. The number of anilines is 1. The highest BCUT2D eigenvalue weighted by molar-refractivity contribution is 7.91. The monoisotopic (exact) mass is 367 g/mol. The lowest BCUT2D eigenvalue weighted by atomic mass is 10.1. The van der Waals surface area contributed by atoms with Crippen LogP contribution in [0.1, 0.15) is 18.1 Å². The van der Waals surface area contributed by atoms with Gasteiger partial charge in [0.2, 0.25) is 5.91 Å². The summed E-state index contributed by atoms with van der Waals surface area (Å²) in [4.78, 5) is 12.0. The molecule has 0 radical (unpaired) electrons. The van der Waals surface area contributed by atoms with Gasteiger partial charge in [-0.3, -0.25) is 4.79 Å². The summed E-state index contributed by atoms with van der Waals surface area (Å²) in [5.41, 5.74) is 2.36. The second-order valence-electron chi connectivity index (χ2n) is 5.55. The number of halogens is 2. The van der Waals surface area contributed by atoms with Crippen molar-refractivity contribution in [3.05, 3.63) is 59.7 Å². The number of carbonyl (C=O) groups excluding carboxylic acids is 1. The first-order valence-electron chi connectivity index (χ1n) is 7.79. The van der Waals surface area contributed by atoms with Crippen molar-refractivity contribution < 1.29 is 22.0 Å². The summed E-state index contributed by atoms with van der Waals surface area (Å²) in [5.74, 6) is -1.44. The molecule has 1 N–H and O–H groups in total. The highest BCUT2D eigenvalue weighted by Crippen LogP contribution is 2.17. The Kier molecular flexibility index (Phi) is 6.25. The number of hydrogen-bond donors (Lipinski definition) is 1. The highest BCUT2D eigenvalue weighted by atomic mass is 32.2. The van der Waals surface area contributed by atoms with Crippen molar-refractivity contribution in [2.75, 3.05) is 11.1 Å². The maximum Gasteiger partial charge on any atom is 0.252 e. The Morgan fingerprint density at radius 1 is 1.08 bits per heavy atom. The number of rotatable bonds is 7. The van der Waals surface area contributed by atoms with Crippen LogP contribution in [0.3, 0.4) is 0 Å². The topological polar surface area (TPSA) is 63.2 Å². The lowest BCUT2D eigenvalue weighted by Gasteiger charge is -2.10. The SMILES string of the molecule is CCc1ccccc1NC(=O)Cc1ccc(S(=O)(=O)CC(F)F)cc1. The van der Waals surface area contributed by atoms with Crippen LogP contribution in [0, 0.1) is 0 Å². The van der Waals surface area contributed by atoms with Crippen LogP contribution in [0.25, 0.3) is 0 Å². The van der Waals surface area contributed by atoms with Gasteiger partial charge in [0, 0.05) is 5.69 Å². The van der Waals surface area contributed by atoms with Crippen LogP contribution in [0.2, 0.25) is 0 Å². The van der Waals surface area contributed by atoms with Gasteiger partial charge in [-0.25, -0.2) is 17.2 Å². The van der Waals surface area contributed by atoms with Gasteiger partial charge in [-0.1, -0.05) is 37.3 Å². The summed E-state index contributed by atoms with van der Waals surface area (Å²) in [6.07, 6.45) is -2.07. The second kappa shape index (κ2) is 8.20. The van der Waals surface area contributed by atoms with Crippen LogP contribution < -0.4 is 5.32 Å². The van der Waals surface area contributed by atoms with E-state index in [4.69, 9.17) is 0 Å². The van der Waals surface area contributed by atoms with Crippen LogP contribution in [0.5, 0.6) is 0 Å². The number of aryl methyl sites for hydroxylation is 1. The smallest absolute Gasteiger partial charge is 0.252 e. The molecule has 4 nitrogen and oxygen atoms in total. The molecular formula is C18H19F2NO3S. The lowest BCUT2D eigenvalue weighted by Crippen LogP contribution is -2.16. The van der Waals surface area contributed by atoms with Gasteiger partial charge in [-0.05, 0) is 35.7 Å². The van der Waals surface area contributed by atoms with E-state index in [0.29, 0.717) is 5.56 Å². The number of carbonyl (C=O) groups is 1. The van der Waals surface area contributed by atoms with Gasteiger partial charge >= 0.3 is 0 Å². The number of para-hydroxylation sites is 1. The fraction of sp³-hybridized carbons (Fsp3) is 0.278. The molecule has 0 bridgehead atoms. The number of amides is 1. The minimum atomic E-state index is -4.01. The molecule has 0 aliphatic carbocycles. The maximum absolute atomic E-state index is 12.3. The molecule has 7 heteroatoms. The molecule has 0 fully saturated rings. The van der Waals surface area contributed by atoms with E-state index in [1.807, 2.05) is 31.2 Å². The molecular weight excluding hydrogens is 348 g/mol. The Labute approximate surface area is 145 Å². The molecule has 0 saturated heterocycles. The first-order chi connectivity index (χ1) is 11.8. The highest BCUT2D eigenvalue weighted by Gasteiger charge is 2.20. The number of sulfone groups is 1. The molecule has 0 aliphatic rings. The van der Waals surface area contributed by atoms with Crippen LogP contribution in [-0.2, 0) is 27.5 Å². The van der Waals surface area contributed by atoms with E-state index in [1.54, 1.807) is 0 Å². The zero-order valence-corrected chi connectivity index (χ0v) is 14.5. The van der Waals surface area contributed by atoms with Crippen LogP contribution >= 0.6 is 0 Å². The van der Waals surface area contributed by atoms with E-state index in [9.17, 15) is 22.0 Å². The predicted molar refractivity (Wildman–Crippen MR) is 92.7 cm³/mol. The van der Waals surface area contributed by atoms with Gasteiger partial charge in [0.15, 0.2) is 9.84 Å². The number of benzene rings is 2. The minimum Gasteiger partial charge on any atom is -0.326 e. The van der Waals surface area contributed by atoms with E-state index in [1.165, 1.54) is 24.3 Å². The lowest BCUT2D eigenvalue weighted by molar-refractivity contribution is -0.115. The summed E-state index contributed by atoms with van der Waals surface area (Å²) < 4.78 is 48.1. The molecule has 0 aromatic heterocycles. The fourth-order valence-corrected chi connectivity index (χ4v) is 3.48. The van der Waals surface area contributed by atoms with Crippen molar-refractivity contribution >= 4 is 21.4 Å². The molecule has 0 unspecified atom stereocenters. The van der Waals surface area contributed by atoms with Gasteiger partial charge in [-0.2, -0.15) is 0 Å². The van der Waals surface area contributed by atoms with Crippen molar-refractivity contribution in [2.45, 2.75) is 31.1 Å². The Hall–Kier alpha value is -2.28. The van der Waals surface area contributed by atoms with Crippen molar-refractivity contribution in [1.82, 2.24) is 0 Å². The fourth-order valence-electron chi connectivity index (χ4n) is 2.41. The summed E-state index contributed by atoms with van der Waals surface area (Å²) >= 11 is 0. The number of nitrogens with one attached hydrogen (secondary N) is 1. The summed E-state index contributed by atoms with van der Waals surface area (Å²) in [6.45, 7) is 1.99. The first-order valence-corrected chi connectivity index (χ1v) is 9.44. The van der Waals surface area contributed by atoms with Crippen LogP contribution in [0.4, 0.5) is 14.5 Å². The first kappa shape index (κ1) is 19.1. The van der Waals surface area contributed by atoms with Gasteiger partial charge in [0.25, 0.3) is 6.43 Å². The summed E-state index contributed by atoms with van der Waals surface area (Å²) in [7, 11) is -4.01. The van der Waals surface area contributed by atoms with E-state index in [0.717, 1.165) is 17.7 Å². The third-order valence-electron chi connectivity index (χ3n) is 3.66. The zero-order valence-electron chi connectivity index (χ0n) is 13.7. The number of alkyl halides is 2. The number of hydrogen-bond acceptors (Lipinski definition) is 3. The second-order valence-corrected chi connectivity index (χ2v) is 7.59. The Morgan fingerprint density at radius 2 is 1.72 bits per heavy atom. The third kappa shape index (κ3) is 5.35. The quantitative estimate of drug-likeness (QED) is 0.815. The van der Waals surface area contributed by atoms with Gasteiger partial charge in [0.05, 0.1) is 11.3 Å². The zero-order chi connectivity index (χ0) is 18.4. The van der Waals surface area contributed by atoms with E-state index in [2.05, 4.69) is 5.32 Å². The van der Waals surface area contributed by atoms with E-state index in [-0.39, 0.29) is 17.2 Å². The molecule has 25 heavy (non-hydrogen) atoms. The van der Waals surface area contributed by atoms with Crippen molar-refractivity contribution in [1.29, 1.82) is 0 Å². The third-order valence-corrected chi connectivity index (χ3v) is 5.35. The molecule has 0 aliphatic heterocycles. The predicted octanol–water partition coefficient (Wildman–Crippen LogP) is 3.47. The normalized spacial score (nSPS) is 11.5. The molecule has 134 valence electrons. The minimum absolute atomic E-state index is 0.0627. The van der Waals surface area contributed by atoms with Gasteiger partial charge in [-0.15, -0.1) is 0 Å². The Morgan fingerprint density at radius 3 is 2.32 bits per heavy atom. The molecule has 0 heterocycles. The maximum atomic E-state index is 12.3. The molecule has 2 aromatic carbocycles. The Bertz CT molecular complexity index is 834. The largest absolute Gasteiger partial charge is 0.326 e. The molecule has 2 aromatic rings. The van der Waals surface area contributed by atoms with Crippen molar-refractivity contribution in [3.8, 4) is 0 Å².